The van der Waals surface area contributed by atoms with E-state index in [4.69, 9.17) is 9.47 Å². The third-order valence-electron chi connectivity index (χ3n) is 4.22. The Bertz CT molecular complexity index is 913. The molecule has 0 aliphatic heterocycles. The van der Waals surface area contributed by atoms with Crippen LogP contribution in [0.15, 0.2) is 54.7 Å². The van der Waals surface area contributed by atoms with Gasteiger partial charge in [0.2, 0.25) is 5.95 Å². The molecule has 2 N–H and O–H groups in total. The van der Waals surface area contributed by atoms with Gasteiger partial charge in [0.25, 0.3) is 0 Å². The molecule has 0 fully saturated rings. The molecule has 0 aliphatic carbocycles. The standard InChI is InChI=1S/C21H25N5O2/c1-26(2)17-8-6-16(7-9-17)24-21-22-12-11-20(25-21)23-14-15-5-10-18(27-3)19(13-15)28-4/h5-13H,14H2,1-4H3,(H2,22,23,24,25). The van der Waals surface area contributed by atoms with Gasteiger partial charge in [0.15, 0.2) is 11.5 Å². The molecule has 0 unspecified atom stereocenters. The Hall–Kier alpha value is -3.48. The summed E-state index contributed by atoms with van der Waals surface area (Å²) in [6, 6.07) is 15.7. The van der Waals surface area contributed by atoms with Crippen LogP contribution in [0.5, 0.6) is 11.5 Å². The molecule has 0 saturated heterocycles. The molecule has 3 rings (SSSR count). The van der Waals surface area contributed by atoms with Crippen LogP contribution in [0, 0.1) is 0 Å². The van der Waals surface area contributed by atoms with Gasteiger partial charge >= 0.3 is 0 Å². The molecule has 0 spiro atoms. The maximum atomic E-state index is 5.35. The summed E-state index contributed by atoms with van der Waals surface area (Å²) in [4.78, 5) is 10.9. The second-order valence-corrected chi connectivity index (χ2v) is 6.37. The van der Waals surface area contributed by atoms with Crippen molar-refractivity contribution in [2.75, 3.05) is 43.8 Å². The molecule has 2 aromatic carbocycles. The molecule has 0 aliphatic rings. The molecule has 0 saturated carbocycles. The fraction of sp³-hybridized carbons (Fsp3) is 0.238. The Morgan fingerprint density at radius 3 is 2.36 bits per heavy atom. The summed E-state index contributed by atoms with van der Waals surface area (Å²) < 4.78 is 10.6. The molecule has 0 bridgehead atoms. The van der Waals surface area contributed by atoms with Gasteiger partial charge in [-0.15, -0.1) is 0 Å². The monoisotopic (exact) mass is 379 g/mol. The van der Waals surface area contributed by atoms with Crippen LogP contribution in [0.25, 0.3) is 0 Å². The van der Waals surface area contributed by atoms with Crippen LogP contribution in [0.1, 0.15) is 5.56 Å². The number of hydrogen-bond donors (Lipinski definition) is 2. The molecule has 0 amide bonds. The van der Waals surface area contributed by atoms with Gasteiger partial charge in [0.1, 0.15) is 5.82 Å². The summed E-state index contributed by atoms with van der Waals surface area (Å²) in [5.74, 6) is 2.68. The highest BCUT2D eigenvalue weighted by atomic mass is 16.5. The summed E-state index contributed by atoms with van der Waals surface area (Å²) in [6.07, 6.45) is 1.72. The predicted molar refractivity (Wildman–Crippen MR) is 113 cm³/mol. The number of aromatic nitrogens is 2. The van der Waals surface area contributed by atoms with E-state index >= 15 is 0 Å². The first-order chi connectivity index (χ1) is 13.6. The molecule has 0 atom stereocenters. The van der Waals surface area contributed by atoms with E-state index in [0.29, 0.717) is 24.0 Å². The van der Waals surface area contributed by atoms with Gasteiger partial charge < -0.3 is 25.0 Å². The van der Waals surface area contributed by atoms with E-state index in [2.05, 4.69) is 25.5 Å². The second kappa shape index (κ2) is 8.94. The van der Waals surface area contributed by atoms with Gasteiger partial charge in [-0.2, -0.15) is 4.98 Å². The molecule has 7 heteroatoms. The first kappa shape index (κ1) is 19.3. The van der Waals surface area contributed by atoms with Gasteiger partial charge in [-0.1, -0.05) is 6.07 Å². The predicted octanol–water partition coefficient (Wildman–Crippen LogP) is 3.92. The van der Waals surface area contributed by atoms with E-state index in [-0.39, 0.29) is 0 Å². The highest BCUT2D eigenvalue weighted by molar-refractivity contribution is 5.59. The number of ether oxygens (including phenoxy) is 2. The normalized spacial score (nSPS) is 10.3. The van der Waals surface area contributed by atoms with Crippen LogP contribution >= 0.6 is 0 Å². The Labute approximate surface area is 165 Å². The van der Waals surface area contributed by atoms with Gasteiger partial charge in [-0.25, -0.2) is 4.98 Å². The summed E-state index contributed by atoms with van der Waals surface area (Å²) in [5.41, 5.74) is 3.13. The summed E-state index contributed by atoms with van der Waals surface area (Å²) >= 11 is 0. The molecular weight excluding hydrogens is 354 g/mol. The van der Waals surface area contributed by atoms with Gasteiger partial charge in [-0.3, -0.25) is 0 Å². The van der Waals surface area contributed by atoms with Crippen molar-refractivity contribution in [2.45, 2.75) is 6.54 Å². The maximum absolute atomic E-state index is 5.35. The maximum Gasteiger partial charge on any atom is 0.229 e. The average Bonchev–Trinajstić information content (AvgIpc) is 2.72. The fourth-order valence-corrected chi connectivity index (χ4v) is 2.67. The average molecular weight is 379 g/mol. The Morgan fingerprint density at radius 1 is 0.929 bits per heavy atom. The lowest BCUT2D eigenvalue weighted by Gasteiger charge is -2.13. The minimum atomic E-state index is 0.537. The number of nitrogens with one attached hydrogen (secondary N) is 2. The lowest BCUT2D eigenvalue weighted by atomic mass is 10.2. The van der Waals surface area contributed by atoms with E-state index in [1.54, 1.807) is 20.4 Å². The van der Waals surface area contributed by atoms with Crippen LogP contribution in [-0.2, 0) is 6.54 Å². The van der Waals surface area contributed by atoms with Crippen LogP contribution in [-0.4, -0.2) is 38.3 Å². The molecule has 146 valence electrons. The van der Waals surface area contributed by atoms with E-state index in [9.17, 15) is 0 Å². The van der Waals surface area contributed by atoms with Crippen LogP contribution in [0.4, 0.5) is 23.1 Å². The SMILES string of the molecule is COc1ccc(CNc2ccnc(Nc3ccc(N(C)C)cc3)n2)cc1OC. The zero-order chi connectivity index (χ0) is 19.9. The van der Waals surface area contributed by atoms with E-state index in [1.807, 2.05) is 62.6 Å². The highest BCUT2D eigenvalue weighted by Gasteiger charge is 2.06. The van der Waals surface area contributed by atoms with Crippen molar-refractivity contribution in [1.82, 2.24) is 9.97 Å². The Kier molecular flexibility index (Phi) is 6.16. The first-order valence-electron chi connectivity index (χ1n) is 8.91. The minimum Gasteiger partial charge on any atom is -0.493 e. The lowest BCUT2D eigenvalue weighted by Crippen LogP contribution is -2.08. The quantitative estimate of drug-likeness (QED) is 0.615. The first-order valence-corrected chi connectivity index (χ1v) is 8.91. The van der Waals surface area contributed by atoms with Crippen LogP contribution in [0.2, 0.25) is 0 Å². The number of methoxy groups -OCH3 is 2. The molecule has 28 heavy (non-hydrogen) atoms. The number of anilines is 4. The van der Waals surface area contributed by atoms with Crippen LogP contribution in [0.3, 0.4) is 0 Å². The zero-order valence-corrected chi connectivity index (χ0v) is 16.6. The fourth-order valence-electron chi connectivity index (χ4n) is 2.67. The molecule has 1 aromatic heterocycles. The molecule has 3 aromatic rings. The lowest BCUT2D eigenvalue weighted by molar-refractivity contribution is 0.354. The number of benzene rings is 2. The van der Waals surface area contributed by atoms with Crippen LogP contribution < -0.4 is 25.0 Å². The van der Waals surface area contributed by atoms with Gasteiger partial charge in [0, 0.05) is 38.2 Å². The van der Waals surface area contributed by atoms with E-state index in [1.165, 1.54) is 0 Å². The number of nitrogens with zero attached hydrogens (tertiary/aromatic N) is 3. The summed E-state index contributed by atoms with van der Waals surface area (Å²) in [5, 5.41) is 6.53. The zero-order valence-electron chi connectivity index (χ0n) is 16.6. The van der Waals surface area contributed by atoms with Crippen molar-refractivity contribution in [2.24, 2.45) is 0 Å². The minimum absolute atomic E-state index is 0.537. The van der Waals surface area contributed by atoms with Crippen molar-refractivity contribution in [3.63, 3.8) is 0 Å². The van der Waals surface area contributed by atoms with Crippen molar-refractivity contribution >= 4 is 23.1 Å². The molecule has 1 heterocycles. The smallest absolute Gasteiger partial charge is 0.229 e. The highest BCUT2D eigenvalue weighted by Crippen LogP contribution is 2.27. The van der Waals surface area contributed by atoms with Crippen molar-refractivity contribution < 1.29 is 9.47 Å². The van der Waals surface area contributed by atoms with Crippen molar-refractivity contribution in [3.8, 4) is 11.5 Å². The molecule has 0 radical (unpaired) electrons. The summed E-state index contributed by atoms with van der Waals surface area (Å²) in [7, 11) is 7.28. The Balaban J connectivity index is 1.65. The molecule has 7 nitrogen and oxygen atoms in total. The van der Waals surface area contributed by atoms with E-state index in [0.717, 1.165) is 22.8 Å². The van der Waals surface area contributed by atoms with Crippen molar-refractivity contribution in [1.29, 1.82) is 0 Å². The summed E-state index contributed by atoms with van der Waals surface area (Å²) in [6.45, 7) is 0.605. The third kappa shape index (κ3) is 4.82. The number of hydrogen-bond acceptors (Lipinski definition) is 7. The Morgan fingerprint density at radius 2 is 1.68 bits per heavy atom. The topological polar surface area (TPSA) is 71.5 Å². The van der Waals surface area contributed by atoms with E-state index < -0.39 is 0 Å². The van der Waals surface area contributed by atoms with Gasteiger partial charge in [0.05, 0.1) is 14.2 Å². The largest absolute Gasteiger partial charge is 0.493 e. The third-order valence-corrected chi connectivity index (χ3v) is 4.22. The molecular formula is C21H25N5O2. The van der Waals surface area contributed by atoms with Crippen molar-refractivity contribution in [3.05, 3.63) is 60.3 Å². The second-order valence-electron chi connectivity index (χ2n) is 6.37. The van der Waals surface area contributed by atoms with Gasteiger partial charge in [-0.05, 0) is 48.0 Å². The number of rotatable bonds is 8.